The summed E-state index contributed by atoms with van der Waals surface area (Å²) in [4.78, 5) is 53.2. The monoisotopic (exact) mass is 486 g/mol. The van der Waals surface area contributed by atoms with Crippen molar-refractivity contribution in [3.63, 3.8) is 0 Å². The Labute approximate surface area is 199 Å². The van der Waals surface area contributed by atoms with E-state index in [4.69, 9.17) is 0 Å². The molecule has 1 aliphatic carbocycles. The SMILES string of the molecule is O=C(O)CC(NC(=O)C1N(C(=O)Nc2cccc(F)c2)CCN1C(=O)C1CC1)c1ccc(F)cc1. The number of nitrogens with zero attached hydrogens (tertiary/aromatic N) is 2. The van der Waals surface area contributed by atoms with E-state index >= 15 is 0 Å². The molecule has 3 N–H and O–H groups in total. The van der Waals surface area contributed by atoms with Crippen molar-refractivity contribution in [2.75, 3.05) is 18.4 Å². The van der Waals surface area contributed by atoms with Crippen LogP contribution in [0.4, 0.5) is 19.3 Å². The average Bonchev–Trinajstić information content (AvgIpc) is 3.56. The van der Waals surface area contributed by atoms with Crippen LogP contribution in [0.15, 0.2) is 48.5 Å². The quantitative estimate of drug-likeness (QED) is 0.556. The number of benzene rings is 2. The Balaban J connectivity index is 1.57. The number of carboxylic acid groups (broad SMARTS) is 1. The molecule has 35 heavy (non-hydrogen) atoms. The molecule has 2 aromatic rings. The summed E-state index contributed by atoms with van der Waals surface area (Å²) in [6.45, 7) is 0.169. The average molecular weight is 486 g/mol. The van der Waals surface area contributed by atoms with E-state index < -0.39 is 48.2 Å². The molecule has 11 heteroatoms. The van der Waals surface area contributed by atoms with Crippen LogP contribution in [-0.2, 0) is 14.4 Å². The number of hydrogen-bond acceptors (Lipinski definition) is 4. The molecule has 1 aliphatic heterocycles. The second kappa shape index (κ2) is 10.1. The van der Waals surface area contributed by atoms with Crippen LogP contribution in [0.3, 0.4) is 0 Å². The molecule has 1 saturated heterocycles. The van der Waals surface area contributed by atoms with Gasteiger partial charge in [0.1, 0.15) is 11.6 Å². The maximum Gasteiger partial charge on any atom is 0.323 e. The Bertz CT molecular complexity index is 1140. The summed E-state index contributed by atoms with van der Waals surface area (Å²) in [5.74, 6) is -3.50. The minimum Gasteiger partial charge on any atom is -0.481 e. The zero-order chi connectivity index (χ0) is 25.1. The van der Waals surface area contributed by atoms with Crippen molar-refractivity contribution >= 4 is 29.5 Å². The third kappa shape index (κ3) is 5.73. The second-order valence-corrected chi connectivity index (χ2v) is 8.52. The predicted molar refractivity (Wildman–Crippen MR) is 120 cm³/mol. The maximum absolute atomic E-state index is 13.5. The molecule has 1 saturated carbocycles. The number of carbonyl (C=O) groups is 4. The van der Waals surface area contributed by atoms with E-state index in [0.29, 0.717) is 18.4 Å². The van der Waals surface area contributed by atoms with E-state index in [1.54, 1.807) is 0 Å². The summed E-state index contributed by atoms with van der Waals surface area (Å²) in [6, 6.07) is 8.52. The lowest BCUT2D eigenvalue weighted by Gasteiger charge is -2.31. The number of aliphatic carboxylic acids is 1. The van der Waals surface area contributed by atoms with Crippen LogP contribution in [0.1, 0.15) is 30.9 Å². The fraction of sp³-hybridized carbons (Fsp3) is 0.333. The minimum atomic E-state index is -1.33. The van der Waals surface area contributed by atoms with Gasteiger partial charge in [-0.05, 0) is 48.7 Å². The van der Waals surface area contributed by atoms with E-state index in [2.05, 4.69) is 10.6 Å². The standard InChI is InChI=1S/C24H24F2N4O5/c25-16-8-6-14(7-9-16)19(13-20(31)32)28-21(33)22-29(23(34)15-4-5-15)10-11-30(22)24(35)27-18-3-1-2-17(26)12-18/h1-3,6-9,12,15,19,22H,4-5,10-11,13H2,(H,27,35)(H,28,33)(H,31,32). The van der Waals surface area contributed by atoms with Gasteiger partial charge in [-0.15, -0.1) is 0 Å². The molecule has 9 nitrogen and oxygen atoms in total. The number of nitrogens with one attached hydrogen (secondary N) is 2. The summed E-state index contributed by atoms with van der Waals surface area (Å²) >= 11 is 0. The first kappa shape index (κ1) is 24.1. The molecular weight excluding hydrogens is 462 g/mol. The third-order valence-corrected chi connectivity index (χ3v) is 5.92. The molecule has 2 aliphatic rings. The number of rotatable bonds is 7. The maximum atomic E-state index is 13.5. The van der Waals surface area contributed by atoms with E-state index in [9.17, 15) is 33.1 Å². The first-order valence-electron chi connectivity index (χ1n) is 11.1. The lowest BCUT2D eigenvalue weighted by atomic mass is 10.0. The number of anilines is 1. The zero-order valence-electron chi connectivity index (χ0n) is 18.6. The van der Waals surface area contributed by atoms with Crippen molar-refractivity contribution in [1.82, 2.24) is 15.1 Å². The topological polar surface area (TPSA) is 119 Å². The van der Waals surface area contributed by atoms with Crippen molar-refractivity contribution in [1.29, 1.82) is 0 Å². The number of halogens is 2. The molecule has 2 fully saturated rings. The number of carboxylic acids is 1. The first-order valence-corrected chi connectivity index (χ1v) is 11.1. The third-order valence-electron chi connectivity index (χ3n) is 5.92. The van der Waals surface area contributed by atoms with Crippen LogP contribution in [0.5, 0.6) is 0 Å². The van der Waals surface area contributed by atoms with Crippen LogP contribution in [0, 0.1) is 17.6 Å². The minimum absolute atomic E-state index is 0.0534. The summed E-state index contributed by atoms with van der Waals surface area (Å²) in [5, 5.41) is 14.5. The van der Waals surface area contributed by atoms with Crippen molar-refractivity contribution in [3.8, 4) is 0 Å². The Hall–Kier alpha value is -4.02. The molecule has 0 aromatic heterocycles. The van der Waals surface area contributed by atoms with Gasteiger partial charge >= 0.3 is 12.0 Å². The lowest BCUT2D eigenvalue weighted by Crippen LogP contribution is -2.55. The van der Waals surface area contributed by atoms with Gasteiger partial charge in [0.15, 0.2) is 6.17 Å². The molecule has 0 bridgehead atoms. The Morgan fingerprint density at radius 3 is 2.29 bits per heavy atom. The fourth-order valence-electron chi connectivity index (χ4n) is 4.05. The highest BCUT2D eigenvalue weighted by molar-refractivity contribution is 5.97. The van der Waals surface area contributed by atoms with Gasteiger partial charge in [0, 0.05) is 24.7 Å². The number of urea groups is 1. The predicted octanol–water partition coefficient (Wildman–Crippen LogP) is 2.71. The Kier molecular flexibility index (Phi) is 6.94. The van der Waals surface area contributed by atoms with Crippen LogP contribution in [-0.4, -0.2) is 58.0 Å². The molecule has 4 rings (SSSR count). The van der Waals surface area contributed by atoms with Gasteiger partial charge in [-0.2, -0.15) is 0 Å². The second-order valence-electron chi connectivity index (χ2n) is 8.52. The highest BCUT2D eigenvalue weighted by atomic mass is 19.1. The lowest BCUT2D eigenvalue weighted by molar-refractivity contribution is -0.143. The van der Waals surface area contributed by atoms with Gasteiger partial charge in [0.05, 0.1) is 12.5 Å². The van der Waals surface area contributed by atoms with E-state index in [1.165, 1.54) is 35.2 Å². The zero-order valence-corrected chi connectivity index (χ0v) is 18.6. The molecule has 0 spiro atoms. The van der Waals surface area contributed by atoms with Gasteiger partial charge in [0.2, 0.25) is 5.91 Å². The van der Waals surface area contributed by atoms with Crippen molar-refractivity contribution < 1.29 is 33.1 Å². The van der Waals surface area contributed by atoms with Crippen LogP contribution in [0.25, 0.3) is 0 Å². The summed E-state index contributed by atoms with van der Waals surface area (Å²) in [6.07, 6.45) is -0.434. The summed E-state index contributed by atoms with van der Waals surface area (Å²) in [7, 11) is 0. The number of amides is 4. The van der Waals surface area contributed by atoms with Crippen molar-refractivity contribution in [2.45, 2.75) is 31.5 Å². The smallest absolute Gasteiger partial charge is 0.323 e. The molecule has 2 aromatic carbocycles. The summed E-state index contributed by atoms with van der Waals surface area (Å²) < 4.78 is 26.9. The Morgan fingerprint density at radius 2 is 1.66 bits per heavy atom. The molecule has 184 valence electrons. The van der Waals surface area contributed by atoms with Crippen LogP contribution < -0.4 is 10.6 Å². The first-order chi connectivity index (χ1) is 16.7. The van der Waals surface area contributed by atoms with Crippen LogP contribution in [0.2, 0.25) is 0 Å². The highest BCUT2D eigenvalue weighted by Crippen LogP contribution is 2.33. The summed E-state index contributed by atoms with van der Waals surface area (Å²) in [5.41, 5.74) is 0.534. The fourth-order valence-corrected chi connectivity index (χ4v) is 4.05. The van der Waals surface area contributed by atoms with Gasteiger partial charge in [-0.3, -0.25) is 19.3 Å². The van der Waals surface area contributed by atoms with Crippen molar-refractivity contribution in [3.05, 3.63) is 65.7 Å². The Morgan fingerprint density at radius 1 is 0.971 bits per heavy atom. The number of carbonyl (C=O) groups excluding carboxylic acids is 3. The van der Waals surface area contributed by atoms with Gasteiger partial charge in [-0.25, -0.2) is 13.6 Å². The normalized spacial score (nSPS) is 18.2. The van der Waals surface area contributed by atoms with E-state index in [0.717, 1.165) is 23.1 Å². The molecule has 1 heterocycles. The molecular formula is C24H24F2N4O5. The van der Waals surface area contributed by atoms with Gasteiger partial charge in [-0.1, -0.05) is 18.2 Å². The molecule has 2 unspecified atom stereocenters. The van der Waals surface area contributed by atoms with Crippen LogP contribution >= 0.6 is 0 Å². The van der Waals surface area contributed by atoms with E-state index in [-0.39, 0.29) is 30.6 Å². The number of hydrogen-bond donors (Lipinski definition) is 3. The molecule has 2 atom stereocenters. The van der Waals surface area contributed by atoms with Crippen molar-refractivity contribution in [2.24, 2.45) is 5.92 Å². The largest absolute Gasteiger partial charge is 0.481 e. The van der Waals surface area contributed by atoms with E-state index in [1.807, 2.05) is 0 Å². The molecule has 4 amide bonds. The van der Waals surface area contributed by atoms with Gasteiger partial charge < -0.3 is 20.6 Å². The molecule has 0 radical (unpaired) electrons. The highest BCUT2D eigenvalue weighted by Gasteiger charge is 2.46. The van der Waals surface area contributed by atoms with Gasteiger partial charge in [0.25, 0.3) is 5.91 Å².